The summed E-state index contributed by atoms with van der Waals surface area (Å²) in [6.45, 7) is 3.95. The van der Waals surface area contributed by atoms with Gasteiger partial charge >= 0.3 is 0 Å². The van der Waals surface area contributed by atoms with E-state index in [2.05, 4.69) is 12.2 Å². The van der Waals surface area contributed by atoms with E-state index in [-0.39, 0.29) is 12.5 Å². The van der Waals surface area contributed by atoms with Crippen LogP contribution in [0.15, 0.2) is 42.5 Å². The third-order valence-corrected chi connectivity index (χ3v) is 3.38. The fraction of sp³-hybridized carbons (Fsp3) is 0.235. The van der Waals surface area contributed by atoms with E-state index in [0.29, 0.717) is 10.8 Å². The maximum absolute atomic E-state index is 11.9. The number of carbonyl (C=O) groups is 1. The first-order chi connectivity index (χ1) is 10.1. The number of amides is 1. The lowest BCUT2D eigenvalue weighted by atomic mass is 10.1. The van der Waals surface area contributed by atoms with Gasteiger partial charge in [0.1, 0.15) is 5.75 Å². The van der Waals surface area contributed by atoms with Crippen LogP contribution in [0.25, 0.3) is 0 Å². The van der Waals surface area contributed by atoms with Gasteiger partial charge in [-0.3, -0.25) is 4.79 Å². The second kappa shape index (κ2) is 7.14. The number of ether oxygens (including phenoxy) is 1. The molecule has 0 saturated carbocycles. The number of rotatable bonds is 5. The zero-order valence-corrected chi connectivity index (χ0v) is 12.9. The fourth-order valence-corrected chi connectivity index (χ4v) is 2.10. The monoisotopic (exact) mass is 303 g/mol. The van der Waals surface area contributed by atoms with E-state index in [1.807, 2.05) is 43.3 Å². The van der Waals surface area contributed by atoms with Gasteiger partial charge in [-0.2, -0.15) is 0 Å². The molecule has 0 fully saturated rings. The Kier molecular flexibility index (Phi) is 5.23. The molecule has 21 heavy (non-hydrogen) atoms. The van der Waals surface area contributed by atoms with Crippen molar-refractivity contribution in [2.45, 2.75) is 20.3 Å². The van der Waals surface area contributed by atoms with Gasteiger partial charge in [-0.05, 0) is 48.7 Å². The van der Waals surface area contributed by atoms with Gasteiger partial charge in [-0.1, -0.05) is 36.7 Å². The highest BCUT2D eigenvalue weighted by atomic mass is 35.5. The van der Waals surface area contributed by atoms with Crippen LogP contribution in [0, 0.1) is 6.92 Å². The van der Waals surface area contributed by atoms with Crippen molar-refractivity contribution < 1.29 is 9.53 Å². The predicted octanol–water partition coefficient (Wildman–Crippen LogP) is 4.23. The van der Waals surface area contributed by atoms with Gasteiger partial charge in [0.25, 0.3) is 5.91 Å². The topological polar surface area (TPSA) is 38.3 Å². The molecule has 0 bridgehead atoms. The number of benzene rings is 2. The number of hydrogen-bond acceptors (Lipinski definition) is 2. The van der Waals surface area contributed by atoms with Gasteiger partial charge in [-0.15, -0.1) is 0 Å². The average molecular weight is 304 g/mol. The second-order valence-electron chi connectivity index (χ2n) is 4.82. The van der Waals surface area contributed by atoms with Gasteiger partial charge in [0.15, 0.2) is 6.61 Å². The number of anilines is 1. The van der Waals surface area contributed by atoms with Crippen LogP contribution in [0.4, 0.5) is 5.69 Å². The van der Waals surface area contributed by atoms with Crippen LogP contribution in [0.3, 0.4) is 0 Å². The minimum atomic E-state index is -0.208. The lowest BCUT2D eigenvalue weighted by molar-refractivity contribution is -0.118. The zero-order valence-electron chi connectivity index (χ0n) is 12.2. The van der Waals surface area contributed by atoms with Crippen molar-refractivity contribution in [3.63, 3.8) is 0 Å². The zero-order chi connectivity index (χ0) is 15.2. The summed E-state index contributed by atoms with van der Waals surface area (Å²) in [6.07, 6.45) is 0.930. The molecule has 110 valence electrons. The molecule has 0 radical (unpaired) electrons. The number of carbonyl (C=O) groups excluding carboxylic acids is 1. The van der Waals surface area contributed by atoms with Crippen molar-refractivity contribution in [3.8, 4) is 5.75 Å². The van der Waals surface area contributed by atoms with Gasteiger partial charge in [0.2, 0.25) is 0 Å². The van der Waals surface area contributed by atoms with E-state index in [0.717, 1.165) is 17.7 Å². The molecule has 1 N–H and O–H groups in total. The van der Waals surface area contributed by atoms with E-state index < -0.39 is 0 Å². The van der Waals surface area contributed by atoms with Crippen molar-refractivity contribution in [3.05, 3.63) is 58.6 Å². The van der Waals surface area contributed by atoms with E-state index >= 15 is 0 Å². The maximum Gasteiger partial charge on any atom is 0.262 e. The number of aryl methyl sites for hydroxylation is 2. The Morgan fingerprint density at radius 1 is 1.24 bits per heavy atom. The Labute approximate surface area is 129 Å². The molecule has 4 heteroatoms. The number of hydrogen-bond donors (Lipinski definition) is 1. The maximum atomic E-state index is 11.9. The minimum Gasteiger partial charge on any atom is -0.482 e. The lowest BCUT2D eigenvalue weighted by Gasteiger charge is -2.10. The molecule has 0 saturated heterocycles. The molecule has 0 aliphatic carbocycles. The van der Waals surface area contributed by atoms with Gasteiger partial charge in [0, 0.05) is 5.69 Å². The second-order valence-corrected chi connectivity index (χ2v) is 5.23. The summed E-state index contributed by atoms with van der Waals surface area (Å²) in [4.78, 5) is 11.9. The predicted molar refractivity (Wildman–Crippen MR) is 86.1 cm³/mol. The molecule has 1 amide bonds. The molecule has 0 aliphatic heterocycles. The fourth-order valence-electron chi connectivity index (χ4n) is 1.93. The van der Waals surface area contributed by atoms with Crippen molar-refractivity contribution in [2.24, 2.45) is 0 Å². The van der Waals surface area contributed by atoms with Crippen molar-refractivity contribution in [1.82, 2.24) is 0 Å². The molecule has 2 aromatic rings. The largest absolute Gasteiger partial charge is 0.482 e. The molecule has 0 heterocycles. The molecule has 0 unspecified atom stereocenters. The first-order valence-corrected chi connectivity index (χ1v) is 7.24. The van der Waals surface area contributed by atoms with Crippen molar-refractivity contribution >= 4 is 23.2 Å². The standard InChI is InChI=1S/C17H18ClNO2/c1-3-13-5-4-6-14(10-13)19-17(20)11-21-16-9-12(2)7-8-15(16)18/h4-10H,3,11H2,1-2H3,(H,19,20). The third-order valence-electron chi connectivity index (χ3n) is 3.06. The number of nitrogens with one attached hydrogen (secondary N) is 1. The first-order valence-electron chi connectivity index (χ1n) is 6.86. The summed E-state index contributed by atoms with van der Waals surface area (Å²) in [5.74, 6) is 0.315. The Bertz CT molecular complexity index is 640. The van der Waals surface area contributed by atoms with Crippen LogP contribution in [0.5, 0.6) is 5.75 Å². The van der Waals surface area contributed by atoms with Crippen molar-refractivity contribution in [1.29, 1.82) is 0 Å². The highest BCUT2D eigenvalue weighted by molar-refractivity contribution is 6.32. The van der Waals surface area contributed by atoms with Gasteiger partial charge in [0.05, 0.1) is 5.02 Å². The summed E-state index contributed by atoms with van der Waals surface area (Å²) in [6, 6.07) is 13.2. The smallest absolute Gasteiger partial charge is 0.262 e. The average Bonchev–Trinajstić information content (AvgIpc) is 2.48. The van der Waals surface area contributed by atoms with Gasteiger partial charge < -0.3 is 10.1 Å². The molecule has 0 aliphatic rings. The first kappa shape index (κ1) is 15.4. The van der Waals surface area contributed by atoms with E-state index in [1.54, 1.807) is 6.07 Å². The lowest BCUT2D eigenvalue weighted by Crippen LogP contribution is -2.20. The Hall–Kier alpha value is -2.00. The molecular weight excluding hydrogens is 286 g/mol. The van der Waals surface area contributed by atoms with Crippen LogP contribution in [0.1, 0.15) is 18.1 Å². The van der Waals surface area contributed by atoms with E-state index in [1.165, 1.54) is 5.56 Å². The molecule has 2 aromatic carbocycles. The molecular formula is C17H18ClNO2. The van der Waals surface area contributed by atoms with Crippen molar-refractivity contribution in [2.75, 3.05) is 11.9 Å². The Morgan fingerprint density at radius 2 is 2.05 bits per heavy atom. The summed E-state index contributed by atoms with van der Waals surface area (Å²) in [7, 11) is 0. The summed E-state index contributed by atoms with van der Waals surface area (Å²) in [5, 5.41) is 3.32. The summed E-state index contributed by atoms with van der Waals surface area (Å²) >= 11 is 6.02. The highest BCUT2D eigenvalue weighted by Gasteiger charge is 2.07. The Morgan fingerprint density at radius 3 is 2.81 bits per heavy atom. The molecule has 2 rings (SSSR count). The van der Waals surface area contributed by atoms with E-state index in [9.17, 15) is 4.79 Å². The molecule has 3 nitrogen and oxygen atoms in total. The van der Waals surface area contributed by atoms with Crippen LogP contribution in [-0.2, 0) is 11.2 Å². The van der Waals surface area contributed by atoms with Crippen LogP contribution in [0.2, 0.25) is 5.02 Å². The molecule has 0 atom stereocenters. The molecule has 0 aromatic heterocycles. The van der Waals surface area contributed by atoms with E-state index in [4.69, 9.17) is 16.3 Å². The summed E-state index contributed by atoms with van der Waals surface area (Å²) < 4.78 is 5.46. The number of halogens is 1. The normalized spacial score (nSPS) is 10.2. The van der Waals surface area contributed by atoms with Crippen LogP contribution >= 0.6 is 11.6 Å². The van der Waals surface area contributed by atoms with Crippen LogP contribution < -0.4 is 10.1 Å². The SMILES string of the molecule is CCc1cccc(NC(=O)COc2cc(C)ccc2Cl)c1. The Balaban J connectivity index is 1.94. The van der Waals surface area contributed by atoms with Crippen LogP contribution in [-0.4, -0.2) is 12.5 Å². The van der Waals surface area contributed by atoms with Gasteiger partial charge in [-0.25, -0.2) is 0 Å². The summed E-state index contributed by atoms with van der Waals surface area (Å²) in [5.41, 5.74) is 2.99. The molecule has 0 spiro atoms. The highest BCUT2D eigenvalue weighted by Crippen LogP contribution is 2.25. The third kappa shape index (κ3) is 4.50. The minimum absolute atomic E-state index is 0.0699. The quantitative estimate of drug-likeness (QED) is 0.897.